The topological polar surface area (TPSA) is 43.4 Å². The zero-order chi connectivity index (χ0) is 14.9. The Morgan fingerprint density at radius 1 is 0.950 bits per heavy atom. The highest BCUT2D eigenvalue weighted by Crippen LogP contribution is 2.24. The molecule has 0 aliphatic heterocycles. The first-order valence-corrected chi connectivity index (χ1v) is 6.86. The second-order valence-corrected chi connectivity index (χ2v) is 5.54. The molecule has 0 saturated carbocycles. The molecule has 0 amide bonds. The van der Waals surface area contributed by atoms with Crippen molar-refractivity contribution in [3.05, 3.63) is 59.4 Å². The van der Waals surface area contributed by atoms with Crippen LogP contribution in [-0.2, 0) is 10.1 Å². The van der Waals surface area contributed by atoms with E-state index in [0.717, 1.165) is 30.3 Å². The van der Waals surface area contributed by atoms with E-state index in [2.05, 4.69) is 4.18 Å². The third-order valence-corrected chi connectivity index (χ3v) is 3.90. The summed E-state index contributed by atoms with van der Waals surface area (Å²) in [4.78, 5) is -0.289. The van der Waals surface area contributed by atoms with Gasteiger partial charge in [0.2, 0.25) is 0 Å². The molecule has 2 rings (SSSR count). The maximum Gasteiger partial charge on any atom is 0.339 e. The lowest BCUT2D eigenvalue weighted by atomic mass is 10.2. The van der Waals surface area contributed by atoms with Crippen molar-refractivity contribution in [3.8, 4) is 5.75 Å². The van der Waals surface area contributed by atoms with Gasteiger partial charge < -0.3 is 4.18 Å². The van der Waals surface area contributed by atoms with Crippen LogP contribution in [0.2, 0.25) is 0 Å². The molecule has 0 radical (unpaired) electrons. The van der Waals surface area contributed by atoms with E-state index in [1.54, 1.807) is 0 Å². The monoisotopic (exact) mass is 302 g/mol. The zero-order valence-corrected chi connectivity index (χ0v) is 11.0. The summed E-state index contributed by atoms with van der Waals surface area (Å²) in [6.45, 7) is 1.38. The molecule has 106 valence electrons. The van der Waals surface area contributed by atoms with Crippen molar-refractivity contribution < 1.29 is 25.8 Å². The molecule has 0 spiro atoms. The van der Waals surface area contributed by atoms with E-state index >= 15 is 0 Å². The molecule has 7 heteroatoms. The van der Waals surface area contributed by atoms with E-state index in [4.69, 9.17) is 0 Å². The van der Waals surface area contributed by atoms with Crippen molar-refractivity contribution >= 4 is 10.1 Å². The van der Waals surface area contributed by atoms with E-state index in [9.17, 15) is 21.6 Å². The van der Waals surface area contributed by atoms with Crippen LogP contribution in [0.3, 0.4) is 0 Å². The average Bonchev–Trinajstić information content (AvgIpc) is 2.32. The largest absolute Gasteiger partial charge is 0.376 e. The molecular weight excluding hydrogens is 293 g/mol. The van der Waals surface area contributed by atoms with Gasteiger partial charge in [0, 0.05) is 6.07 Å². The molecular formula is C13H9F3O3S. The first kappa shape index (κ1) is 14.4. The Balaban J connectivity index is 2.41. The van der Waals surface area contributed by atoms with Crippen LogP contribution in [0.5, 0.6) is 5.75 Å². The van der Waals surface area contributed by atoms with E-state index in [0.29, 0.717) is 6.07 Å². The van der Waals surface area contributed by atoms with Gasteiger partial charge >= 0.3 is 10.1 Å². The quantitative estimate of drug-likeness (QED) is 0.818. The second kappa shape index (κ2) is 5.16. The Kier molecular flexibility index (Phi) is 3.71. The van der Waals surface area contributed by atoms with Gasteiger partial charge in [0.1, 0.15) is 16.5 Å². The Bertz CT molecular complexity index is 757. The molecule has 3 nitrogen and oxygen atoms in total. The summed E-state index contributed by atoms with van der Waals surface area (Å²) in [6.07, 6.45) is 0. The third kappa shape index (κ3) is 2.93. The molecule has 2 aromatic rings. The summed E-state index contributed by atoms with van der Waals surface area (Å²) in [5, 5.41) is 0. The smallest absolute Gasteiger partial charge is 0.339 e. The van der Waals surface area contributed by atoms with Crippen LogP contribution < -0.4 is 4.18 Å². The third-order valence-electron chi connectivity index (χ3n) is 2.50. The van der Waals surface area contributed by atoms with Crippen molar-refractivity contribution in [3.63, 3.8) is 0 Å². The van der Waals surface area contributed by atoms with Crippen LogP contribution in [0.25, 0.3) is 0 Å². The van der Waals surface area contributed by atoms with Crippen molar-refractivity contribution in [1.29, 1.82) is 0 Å². The van der Waals surface area contributed by atoms with Crippen molar-refractivity contribution in [1.82, 2.24) is 0 Å². The first-order valence-electron chi connectivity index (χ1n) is 5.45. The maximum absolute atomic E-state index is 13.4. The van der Waals surface area contributed by atoms with E-state index in [1.165, 1.54) is 6.92 Å². The molecule has 0 saturated heterocycles. The number of hydrogen-bond donors (Lipinski definition) is 0. The van der Waals surface area contributed by atoms with Gasteiger partial charge in [-0.1, -0.05) is 0 Å². The SMILES string of the molecule is Cc1cc(F)ccc1S(=O)(=O)Oc1ccc(F)cc1F. The Hall–Kier alpha value is -2.02. The van der Waals surface area contributed by atoms with E-state index in [-0.39, 0.29) is 10.5 Å². The van der Waals surface area contributed by atoms with Gasteiger partial charge in [-0.15, -0.1) is 0 Å². The lowest BCUT2D eigenvalue weighted by Gasteiger charge is -2.09. The highest BCUT2D eigenvalue weighted by atomic mass is 32.2. The summed E-state index contributed by atoms with van der Waals surface area (Å²) in [5.41, 5.74) is 0.118. The van der Waals surface area contributed by atoms with Gasteiger partial charge in [0.25, 0.3) is 0 Å². The molecule has 0 aliphatic carbocycles. The fourth-order valence-electron chi connectivity index (χ4n) is 1.60. The van der Waals surface area contributed by atoms with Crippen LogP contribution in [0.1, 0.15) is 5.56 Å². The van der Waals surface area contributed by atoms with Gasteiger partial charge in [0.05, 0.1) is 0 Å². The molecule has 0 aromatic heterocycles. The molecule has 0 N–H and O–H groups in total. The molecule has 0 bridgehead atoms. The van der Waals surface area contributed by atoms with Crippen molar-refractivity contribution in [2.24, 2.45) is 0 Å². The predicted octanol–water partition coefficient (Wildman–Crippen LogP) is 3.18. The van der Waals surface area contributed by atoms with Crippen LogP contribution in [-0.4, -0.2) is 8.42 Å². The zero-order valence-electron chi connectivity index (χ0n) is 10.2. The molecule has 20 heavy (non-hydrogen) atoms. The highest BCUT2D eigenvalue weighted by molar-refractivity contribution is 7.87. The average molecular weight is 302 g/mol. The van der Waals surface area contributed by atoms with Gasteiger partial charge in [-0.2, -0.15) is 8.42 Å². The summed E-state index contributed by atoms with van der Waals surface area (Å²) < 4.78 is 67.6. The molecule has 0 heterocycles. The van der Waals surface area contributed by atoms with Gasteiger partial charge in [0.15, 0.2) is 11.6 Å². The number of benzene rings is 2. The minimum absolute atomic E-state index is 0.118. The summed E-state index contributed by atoms with van der Waals surface area (Å²) >= 11 is 0. The lowest BCUT2D eigenvalue weighted by Crippen LogP contribution is -2.12. The van der Waals surface area contributed by atoms with E-state index < -0.39 is 33.3 Å². The molecule has 0 aliphatic rings. The Morgan fingerprint density at radius 3 is 2.15 bits per heavy atom. The van der Waals surface area contributed by atoms with E-state index in [1.807, 2.05) is 0 Å². The summed E-state index contributed by atoms with van der Waals surface area (Å²) in [5.74, 6) is -3.23. The summed E-state index contributed by atoms with van der Waals surface area (Å²) in [6, 6.07) is 5.21. The Labute approximate surface area is 113 Å². The van der Waals surface area contributed by atoms with Crippen LogP contribution in [0, 0.1) is 24.4 Å². The van der Waals surface area contributed by atoms with Gasteiger partial charge in [-0.3, -0.25) is 0 Å². The second-order valence-electron chi connectivity index (χ2n) is 4.02. The lowest BCUT2D eigenvalue weighted by molar-refractivity contribution is 0.457. The van der Waals surface area contributed by atoms with Crippen LogP contribution in [0.4, 0.5) is 13.2 Å². The van der Waals surface area contributed by atoms with Crippen molar-refractivity contribution in [2.45, 2.75) is 11.8 Å². The van der Waals surface area contributed by atoms with Crippen LogP contribution >= 0.6 is 0 Å². The molecule has 0 unspecified atom stereocenters. The maximum atomic E-state index is 13.4. The highest BCUT2D eigenvalue weighted by Gasteiger charge is 2.21. The number of halogens is 3. The normalized spacial score (nSPS) is 11.4. The fraction of sp³-hybridized carbons (Fsp3) is 0.0769. The molecule has 0 atom stereocenters. The first-order chi connectivity index (χ1) is 9.29. The number of aryl methyl sites for hydroxylation is 1. The van der Waals surface area contributed by atoms with Gasteiger partial charge in [-0.05, 0) is 42.8 Å². The van der Waals surface area contributed by atoms with Crippen LogP contribution in [0.15, 0.2) is 41.3 Å². The van der Waals surface area contributed by atoms with Crippen molar-refractivity contribution in [2.75, 3.05) is 0 Å². The minimum atomic E-state index is -4.33. The number of rotatable bonds is 3. The predicted molar refractivity (Wildman–Crippen MR) is 65.3 cm³/mol. The standard InChI is InChI=1S/C13H9F3O3S/c1-8-6-9(14)3-5-13(8)20(17,18)19-12-4-2-10(15)7-11(12)16/h2-7H,1H3. The number of hydrogen-bond acceptors (Lipinski definition) is 3. The summed E-state index contributed by atoms with van der Waals surface area (Å²) in [7, 11) is -4.33. The molecule has 2 aromatic carbocycles. The van der Waals surface area contributed by atoms with Gasteiger partial charge in [-0.25, -0.2) is 13.2 Å². The fourth-order valence-corrected chi connectivity index (χ4v) is 2.75. The Morgan fingerprint density at radius 2 is 1.55 bits per heavy atom. The minimum Gasteiger partial charge on any atom is -0.376 e. The molecule has 0 fully saturated rings.